The van der Waals surface area contributed by atoms with Gasteiger partial charge in [-0.1, -0.05) is 53.1 Å². The van der Waals surface area contributed by atoms with Crippen molar-refractivity contribution >= 4 is 51.9 Å². The van der Waals surface area contributed by atoms with Crippen molar-refractivity contribution in [1.29, 1.82) is 0 Å². The number of thioether (sulfide) groups is 1. The van der Waals surface area contributed by atoms with E-state index in [1.165, 1.54) is 11.8 Å². The van der Waals surface area contributed by atoms with E-state index in [-0.39, 0.29) is 5.91 Å². The molecule has 32 heavy (non-hydrogen) atoms. The number of amides is 1. The van der Waals surface area contributed by atoms with Crippen molar-refractivity contribution in [2.75, 3.05) is 11.5 Å². The van der Waals surface area contributed by atoms with Crippen LogP contribution in [0, 0.1) is 13.8 Å². The molecule has 0 aromatic heterocycles. The second kappa shape index (κ2) is 9.63. The number of anilines is 1. The van der Waals surface area contributed by atoms with Gasteiger partial charge in [0.05, 0.1) is 27.9 Å². The summed E-state index contributed by atoms with van der Waals surface area (Å²) in [6.45, 7) is 6.51. The number of rotatable bonds is 5. The SMILES string of the molecule is CCOc1ccc(/C=C2\SC(=Nc3ccc(C)cc3)N(c3ccc(C)cc3)C2=O)cc1Cl. The average Bonchev–Trinajstić information content (AvgIpc) is 3.07. The fourth-order valence-corrected chi connectivity index (χ4v) is 4.48. The van der Waals surface area contributed by atoms with Crippen LogP contribution in [0.1, 0.15) is 23.6 Å². The monoisotopic (exact) mass is 462 g/mol. The van der Waals surface area contributed by atoms with Gasteiger partial charge < -0.3 is 4.74 Å². The number of hydrogen-bond donors (Lipinski definition) is 0. The van der Waals surface area contributed by atoms with E-state index in [2.05, 4.69) is 0 Å². The summed E-state index contributed by atoms with van der Waals surface area (Å²) in [5.74, 6) is 0.513. The summed E-state index contributed by atoms with van der Waals surface area (Å²) in [5.41, 5.74) is 4.70. The average molecular weight is 463 g/mol. The summed E-state index contributed by atoms with van der Waals surface area (Å²) in [7, 11) is 0. The molecular formula is C26H23ClN2O2S. The first-order valence-corrected chi connectivity index (χ1v) is 11.5. The van der Waals surface area contributed by atoms with Gasteiger partial charge in [-0.3, -0.25) is 9.69 Å². The van der Waals surface area contributed by atoms with Gasteiger partial charge in [-0.25, -0.2) is 4.99 Å². The lowest BCUT2D eigenvalue weighted by molar-refractivity contribution is -0.113. The summed E-state index contributed by atoms with van der Waals surface area (Å²) in [6.07, 6.45) is 1.84. The smallest absolute Gasteiger partial charge is 0.271 e. The van der Waals surface area contributed by atoms with Crippen molar-refractivity contribution in [3.63, 3.8) is 0 Å². The van der Waals surface area contributed by atoms with E-state index in [0.29, 0.717) is 27.5 Å². The van der Waals surface area contributed by atoms with Gasteiger partial charge in [0.25, 0.3) is 5.91 Å². The van der Waals surface area contributed by atoms with Crippen LogP contribution in [0.25, 0.3) is 6.08 Å². The van der Waals surface area contributed by atoms with Gasteiger partial charge in [0.15, 0.2) is 5.17 Å². The Hall–Kier alpha value is -3.02. The quantitative estimate of drug-likeness (QED) is 0.377. The summed E-state index contributed by atoms with van der Waals surface area (Å²) in [4.78, 5) is 20.4. The number of hydrogen-bond acceptors (Lipinski definition) is 4. The molecule has 4 nitrogen and oxygen atoms in total. The number of amidine groups is 1. The molecule has 0 atom stereocenters. The molecule has 0 spiro atoms. The molecule has 3 aromatic carbocycles. The first-order chi connectivity index (χ1) is 15.4. The zero-order chi connectivity index (χ0) is 22.7. The maximum absolute atomic E-state index is 13.4. The van der Waals surface area contributed by atoms with E-state index in [9.17, 15) is 4.79 Å². The third-order valence-electron chi connectivity index (χ3n) is 4.91. The number of halogens is 1. The Morgan fingerprint density at radius 3 is 2.28 bits per heavy atom. The molecule has 0 aliphatic carbocycles. The van der Waals surface area contributed by atoms with Crippen LogP contribution in [0.2, 0.25) is 5.02 Å². The molecule has 1 heterocycles. The molecule has 0 bridgehead atoms. The Balaban J connectivity index is 1.73. The van der Waals surface area contributed by atoms with Crippen LogP contribution in [-0.4, -0.2) is 17.7 Å². The van der Waals surface area contributed by atoms with Crippen LogP contribution in [0.3, 0.4) is 0 Å². The van der Waals surface area contributed by atoms with Crippen molar-refractivity contribution < 1.29 is 9.53 Å². The van der Waals surface area contributed by atoms with Crippen LogP contribution in [-0.2, 0) is 4.79 Å². The molecule has 0 N–H and O–H groups in total. The Kier molecular flexibility index (Phi) is 6.68. The lowest BCUT2D eigenvalue weighted by Crippen LogP contribution is -2.28. The van der Waals surface area contributed by atoms with E-state index in [1.54, 1.807) is 11.0 Å². The second-order valence-corrected chi connectivity index (χ2v) is 8.86. The Morgan fingerprint density at radius 2 is 1.66 bits per heavy atom. The van der Waals surface area contributed by atoms with Crippen molar-refractivity contribution in [1.82, 2.24) is 0 Å². The predicted octanol–water partition coefficient (Wildman–Crippen LogP) is 7.16. The van der Waals surface area contributed by atoms with Gasteiger partial charge in [-0.05, 0) is 80.6 Å². The minimum Gasteiger partial charge on any atom is -0.492 e. The van der Waals surface area contributed by atoms with Crippen LogP contribution >= 0.6 is 23.4 Å². The third-order valence-corrected chi connectivity index (χ3v) is 6.18. The highest BCUT2D eigenvalue weighted by Gasteiger charge is 2.34. The lowest BCUT2D eigenvalue weighted by Gasteiger charge is -2.16. The van der Waals surface area contributed by atoms with E-state index in [4.69, 9.17) is 21.3 Å². The zero-order valence-electron chi connectivity index (χ0n) is 18.1. The number of carbonyl (C=O) groups is 1. The van der Waals surface area contributed by atoms with Gasteiger partial charge >= 0.3 is 0 Å². The highest BCUT2D eigenvalue weighted by molar-refractivity contribution is 8.19. The molecule has 3 aromatic rings. The Labute approximate surface area is 197 Å². The Bertz CT molecular complexity index is 1200. The van der Waals surface area contributed by atoms with Gasteiger partial charge in [0, 0.05) is 0 Å². The number of benzene rings is 3. The fraction of sp³-hybridized carbons (Fsp3) is 0.154. The molecule has 162 valence electrons. The van der Waals surface area contributed by atoms with Gasteiger partial charge in [0.1, 0.15) is 5.75 Å². The van der Waals surface area contributed by atoms with Crippen LogP contribution in [0.5, 0.6) is 5.75 Å². The molecule has 1 fully saturated rings. The van der Waals surface area contributed by atoms with Gasteiger partial charge in [-0.15, -0.1) is 0 Å². The van der Waals surface area contributed by atoms with Crippen LogP contribution in [0.4, 0.5) is 11.4 Å². The normalized spacial score (nSPS) is 16.2. The Morgan fingerprint density at radius 1 is 1.00 bits per heavy atom. The summed E-state index contributed by atoms with van der Waals surface area (Å²) < 4.78 is 5.51. The molecule has 1 aliphatic rings. The maximum atomic E-state index is 13.4. The van der Waals surface area contributed by atoms with Gasteiger partial charge in [-0.2, -0.15) is 0 Å². The van der Waals surface area contributed by atoms with Crippen LogP contribution in [0.15, 0.2) is 76.6 Å². The van der Waals surface area contributed by atoms with Crippen LogP contribution < -0.4 is 9.64 Å². The third kappa shape index (κ3) is 4.90. The van der Waals surface area contributed by atoms with E-state index in [1.807, 2.05) is 87.5 Å². The molecular weight excluding hydrogens is 440 g/mol. The van der Waals surface area contributed by atoms with Crippen molar-refractivity contribution in [3.05, 3.63) is 93.3 Å². The lowest BCUT2D eigenvalue weighted by atomic mass is 10.2. The summed E-state index contributed by atoms with van der Waals surface area (Å²) in [6, 6.07) is 21.3. The first kappa shape index (κ1) is 22.2. The highest BCUT2D eigenvalue weighted by atomic mass is 35.5. The minimum atomic E-state index is -0.116. The molecule has 4 rings (SSSR count). The first-order valence-electron chi connectivity index (χ1n) is 10.3. The van der Waals surface area contributed by atoms with Gasteiger partial charge in [0.2, 0.25) is 0 Å². The minimum absolute atomic E-state index is 0.116. The molecule has 0 radical (unpaired) electrons. The molecule has 1 amide bonds. The number of aryl methyl sites for hydroxylation is 2. The van der Waals surface area contributed by atoms with Crippen molar-refractivity contribution in [2.45, 2.75) is 20.8 Å². The van der Waals surface area contributed by atoms with Crippen molar-refractivity contribution in [2.24, 2.45) is 4.99 Å². The highest BCUT2D eigenvalue weighted by Crippen LogP contribution is 2.38. The van der Waals surface area contributed by atoms with E-state index < -0.39 is 0 Å². The topological polar surface area (TPSA) is 41.9 Å². The standard InChI is InChI=1S/C26H23ClN2O2S/c1-4-31-23-14-9-19(15-22(23)27)16-24-25(30)29(21-12-7-18(3)8-13-21)26(32-24)28-20-10-5-17(2)6-11-20/h5-16H,4H2,1-3H3/b24-16-,28-26?. The largest absolute Gasteiger partial charge is 0.492 e. The predicted molar refractivity (Wildman–Crippen MR) is 135 cm³/mol. The molecule has 0 saturated carbocycles. The second-order valence-electron chi connectivity index (χ2n) is 7.44. The molecule has 1 saturated heterocycles. The molecule has 0 unspecified atom stereocenters. The molecule has 6 heteroatoms. The summed E-state index contributed by atoms with van der Waals surface area (Å²) in [5, 5.41) is 1.13. The zero-order valence-corrected chi connectivity index (χ0v) is 19.7. The number of carbonyl (C=O) groups excluding carboxylic acids is 1. The number of ether oxygens (including phenoxy) is 1. The fourth-order valence-electron chi connectivity index (χ4n) is 3.23. The molecule has 1 aliphatic heterocycles. The number of aliphatic imine (C=N–C) groups is 1. The van der Waals surface area contributed by atoms with Crippen molar-refractivity contribution in [3.8, 4) is 5.75 Å². The summed E-state index contributed by atoms with van der Waals surface area (Å²) >= 11 is 7.69. The maximum Gasteiger partial charge on any atom is 0.271 e. The van der Waals surface area contributed by atoms with E-state index in [0.717, 1.165) is 28.1 Å². The number of nitrogens with zero attached hydrogens (tertiary/aromatic N) is 2. The van der Waals surface area contributed by atoms with E-state index >= 15 is 0 Å².